The van der Waals surface area contributed by atoms with Crippen molar-refractivity contribution in [3.8, 4) is 0 Å². The fraction of sp³-hybridized carbons (Fsp3) is 0.143. The Balaban J connectivity index is 3.16. The Morgan fingerprint density at radius 2 is 2.55 bits per heavy atom. The quantitative estimate of drug-likeness (QED) is 0.687. The van der Waals surface area contributed by atoms with Crippen molar-refractivity contribution in [2.24, 2.45) is 0 Å². The molecule has 11 heavy (non-hydrogen) atoms. The van der Waals surface area contributed by atoms with Crippen molar-refractivity contribution in [3.63, 3.8) is 0 Å². The number of nitrogens with zero attached hydrogens (tertiary/aromatic N) is 2. The minimum Gasteiger partial charge on any atom is -0.478 e. The van der Waals surface area contributed by atoms with Gasteiger partial charge in [0.25, 0.3) is 0 Å². The van der Waals surface area contributed by atoms with Crippen molar-refractivity contribution in [1.29, 1.82) is 0 Å². The van der Waals surface area contributed by atoms with E-state index in [1.54, 1.807) is 6.92 Å². The average molecular weight is 152 g/mol. The van der Waals surface area contributed by atoms with Crippen LogP contribution in [0.2, 0.25) is 0 Å². The maximum Gasteiger partial charge on any atom is 0.339 e. The van der Waals surface area contributed by atoms with Crippen molar-refractivity contribution >= 4 is 12.2 Å². The molecule has 1 aromatic heterocycles. The van der Waals surface area contributed by atoms with Crippen LogP contribution in [0.15, 0.2) is 12.8 Å². The SMILES string of the molecule is C=Cn1cc(C(=O)O)c(C)n1. The molecule has 1 aromatic rings. The van der Waals surface area contributed by atoms with Gasteiger partial charge in [0, 0.05) is 12.4 Å². The molecule has 0 aliphatic rings. The molecule has 0 aromatic carbocycles. The molecule has 4 heteroatoms. The molecule has 0 aliphatic carbocycles. The summed E-state index contributed by atoms with van der Waals surface area (Å²) in [6.45, 7) is 5.09. The van der Waals surface area contributed by atoms with Crippen LogP contribution in [0.1, 0.15) is 16.1 Å². The molecule has 0 bridgehead atoms. The van der Waals surface area contributed by atoms with E-state index in [0.29, 0.717) is 5.69 Å². The molecule has 58 valence electrons. The number of rotatable bonds is 2. The smallest absolute Gasteiger partial charge is 0.339 e. The van der Waals surface area contributed by atoms with Crippen LogP contribution < -0.4 is 0 Å². The van der Waals surface area contributed by atoms with Crippen molar-refractivity contribution in [2.75, 3.05) is 0 Å². The molecule has 0 fully saturated rings. The second kappa shape index (κ2) is 2.57. The first-order valence-corrected chi connectivity index (χ1v) is 3.06. The summed E-state index contributed by atoms with van der Waals surface area (Å²) in [5.74, 6) is -0.962. The number of aromatic nitrogens is 2. The predicted octanol–water partition coefficient (Wildman–Crippen LogP) is 0.990. The van der Waals surface area contributed by atoms with Crippen molar-refractivity contribution in [1.82, 2.24) is 9.78 Å². The van der Waals surface area contributed by atoms with Crippen molar-refractivity contribution in [2.45, 2.75) is 6.92 Å². The number of carbonyl (C=O) groups is 1. The van der Waals surface area contributed by atoms with Crippen LogP contribution in [-0.4, -0.2) is 20.9 Å². The van der Waals surface area contributed by atoms with Crippen LogP contribution in [0.25, 0.3) is 6.20 Å². The molecule has 0 radical (unpaired) electrons. The second-order valence-corrected chi connectivity index (χ2v) is 2.10. The number of carboxylic acid groups (broad SMARTS) is 1. The van der Waals surface area contributed by atoms with E-state index in [2.05, 4.69) is 11.7 Å². The third kappa shape index (κ3) is 1.29. The Morgan fingerprint density at radius 3 is 2.82 bits per heavy atom. The lowest BCUT2D eigenvalue weighted by Gasteiger charge is -1.84. The van der Waals surface area contributed by atoms with Crippen LogP contribution >= 0.6 is 0 Å². The molecule has 0 aliphatic heterocycles. The summed E-state index contributed by atoms with van der Waals surface area (Å²) in [6, 6.07) is 0. The molecule has 0 amide bonds. The minimum absolute atomic E-state index is 0.213. The van der Waals surface area contributed by atoms with E-state index < -0.39 is 5.97 Å². The highest BCUT2D eigenvalue weighted by Gasteiger charge is 2.09. The minimum atomic E-state index is -0.962. The lowest BCUT2D eigenvalue weighted by Crippen LogP contribution is -1.95. The van der Waals surface area contributed by atoms with E-state index >= 15 is 0 Å². The molecule has 0 saturated heterocycles. The number of carboxylic acids is 1. The molecule has 1 rings (SSSR count). The first-order chi connectivity index (χ1) is 5.15. The van der Waals surface area contributed by atoms with Gasteiger partial charge in [-0.15, -0.1) is 0 Å². The van der Waals surface area contributed by atoms with Gasteiger partial charge in [-0.2, -0.15) is 5.10 Å². The van der Waals surface area contributed by atoms with Crippen LogP contribution in [0.3, 0.4) is 0 Å². The summed E-state index contributed by atoms with van der Waals surface area (Å²) >= 11 is 0. The van der Waals surface area contributed by atoms with E-state index in [9.17, 15) is 4.79 Å². The third-order valence-electron chi connectivity index (χ3n) is 1.33. The summed E-state index contributed by atoms with van der Waals surface area (Å²) in [7, 11) is 0. The van der Waals surface area contributed by atoms with Gasteiger partial charge in [0.05, 0.1) is 5.69 Å². The van der Waals surface area contributed by atoms with Gasteiger partial charge in [-0.25, -0.2) is 9.48 Å². The highest BCUT2D eigenvalue weighted by atomic mass is 16.4. The lowest BCUT2D eigenvalue weighted by atomic mass is 10.3. The van der Waals surface area contributed by atoms with Crippen LogP contribution in [0.4, 0.5) is 0 Å². The van der Waals surface area contributed by atoms with E-state index in [1.807, 2.05) is 0 Å². The molecule has 4 nitrogen and oxygen atoms in total. The van der Waals surface area contributed by atoms with E-state index in [0.717, 1.165) is 0 Å². The van der Waals surface area contributed by atoms with E-state index in [1.165, 1.54) is 17.1 Å². The Morgan fingerprint density at radius 1 is 1.91 bits per heavy atom. The average Bonchev–Trinajstić information content (AvgIpc) is 2.30. The molecule has 1 N–H and O–H groups in total. The number of aryl methyl sites for hydroxylation is 1. The highest BCUT2D eigenvalue weighted by molar-refractivity contribution is 5.88. The zero-order chi connectivity index (χ0) is 8.43. The zero-order valence-electron chi connectivity index (χ0n) is 6.11. The normalized spacial score (nSPS) is 9.55. The topological polar surface area (TPSA) is 55.1 Å². The molecule has 0 saturated carbocycles. The zero-order valence-corrected chi connectivity index (χ0v) is 6.11. The second-order valence-electron chi connectivity index (χ2n) is 2.10. The van der Waals surface area contributed by atoms with Gasteiger partial charge >= 0.3 is 5.97 Å². The van der Waals surface area contributed by atoms with Gasteiger partial charge in [-0.05, 0) is 6.92 Å². The number of aromatic carboxylic acids is 1. The predicted molar refractivity (Wildman–Crippen MR) is 40.3 cm³/mol. The molecule has 0 atom stereocenters. The molecular formula is C7H8N2O2. The monoisotopic (exact) mass is 152 g/mol. The van der Waals surface area contributed by atoms with E-state index in [-0.39, 0.29) is 5.56 Å². The lowest BCUT2D eigenvalue weighted by molar-refractivity contribution is 0.0696. The molecular weight excluding hydrogens is 144 g/mol. The fourth-order valence-electron chi connectivity index (χ4n) is 0.785. The highest BCUT2D eigenvalue weighted by Crippen LogP contribution is 2.04. The summed E-state index contributed by atoms with van der Waals surface area (Å²) < 4.78 is 1.37. The number of hydrogen-bond donors (Lipinski definition) is 1. The van der Waals surface area contributed by atoms with Crippen molar-refractivity contribution in [3.05, 3.63) is 24.0 Å². The number of hydrogen-bond acceptors (Lipinski definition) is 2. The first kappa shape index (κ1) is 7.53. The van der Waals surface area contributed by atoms with Crippen molar-refractivity contribution < 1.29 is 9.90 Å². The summed E-state index contributed by atoms with van der Waals surface area (Å²) in [6.07, 6.45) is 2.87. The third-order valence-corrected chi connectivity index (χ3v) is 1.33. The van der Waals surface area contributed by atoms with Crippen LogP contribution in [0.5, 0.6) is 0 Å². The van der Waals surface area contributed by atoms with Gasteiger partial charge in [0.15, 0.2) is 0 Å². The Labute approximate surface area is 63.8 Å². The standard InChI is InChI=1S/C7H8N2O2/c1-3-9-4-6(7(10)11)5(2)8-9/h3-4H,1H2,2H3,(H,10,11). The molecule has 0 spiro atoms. The largest absolute Gasteiger partial charge is 0.478 e. The molecule has 0 unspecified atom stereocenters. The first-order valence-electron chi connectivity index (χ1n) is 3.06. The summed E-state index contributed by atoms with van der Waals surface area (Å²) in [4.78, 5) is 10.5. The van der Waals surface area contributed by atoms with Gasteiger partial charge in [0.1, 0.15) is 5.56 Å². The summed E-state index contributed by atoms with van der Waals surface area (Å²) in [5, 5.41) is 12.5. The van der Waals surface area contributed by atoms with Gasteiger partial charge in [0.2, 0.25) is 0 Å². The Kier molecular flexibility index (Phi) is 1.76. The van der Waals surface area contributed by atoms with Gasteiger partial charge < -0.3 is 5.11 Å². The molecule has 1 heterocycles. The van der Waals surface area contributed by atoms with Gasteiger partial charge in [-0.1, -0.05) is 6.58 Å². The Hall–Kier alpha value is -1.58. The maximum atomic E-state index is 10.5. The fourth-order valence-corrected chi connectivity index (χ4v) is 0.785. The maximum absolute atomic E-state index is 10.5. The van der Waals surface area contributed by atoms with E-state index in [4.69, 9.17) is 5.11 Å². The van der Waals surface area contributed by atoms with Gasteiger partial charge in [-0.3, -0.25) is 0 Å². The van der Waals surface area contributed by atoms with Crippen LogP contribution in [0, 0.1) is 6.92 Å². The Bertz CT molecular complexity index is 301. The summed E-state index contributed by atoms with van der Waals surface area (Å²) in [5.41, 5.74) is 0.710. The van der Waals surface area contributed by atoms with Crippen LogP contribution in [-0.2, 0) is 0 Å².